The number of rotatable bonds is 5. The van der Waals surface area contributed by atoms with Crippen LogP contribution < -0.4 is 5.32 Å². The Labute approximate surface area is 105 Å². The average molecular weight is 238 g/mol. The molecule has 0 aromatic rings. The van der Waals surface area contributed by atoms with E-state index in [-0.39, 0.29) is 5.54 Å². The maximum atomic E-state index is 12.6. The zero-order chi connectivity index (χ0) is 12.5. The molecule has 0 bridgehead atoms. The highest BCUT2D eigenvalue weighted by Gasteiger charge is 2.43. The molecule has 3 nitrogen and oxygen atoms in total. The Balaban J connectivity index is 1.97. The minimum Gasteiger partial charge on any atom is -0.338 e. The van der Waals surface area contributed by atoms with E-state index in [9.17, 15) is 4.79 Å². The first kappa shape index (κ1) is 12.9. The fraction of sp³-hybridized carbons (Fsp3) is 0.929. The third-order valence-electron chi connectivity index (χ3n) is 4.04. The van der Waals surface area contributed by atoms with Gasteiger partial charge in [0.15, 0.2) is 0 Å². The first-order valence-corrected chi connectivity index (χ1v) is 7.09. The molecule has 1 heterocycles. The lowest BCUT2D eigenvalue weighted by molar-refractivity contribution is -0.138. The van der Waals surface area contributed by atoms with Gasteiger partial charge < -0.3 is 10.2 Å². The van der Waals surface area contributed by atoms with Gasteiger partial charge in [-0.05, 0) is 51.5 Å². The van der Waals surface area contributed by atoms with Gasteiger partial charge in [-0.3, -0.25) is 4.79 Å². The number of amides is 1. The van der Waals surface area contributed by atoms with Crippen LogP contribution in [0.3, 0.4) is 0 Å². The van der Waals surface area contributed by atoms with E-state index in [0.717, 1.165) is 32.4 Å². The highest BCUT2D eigenvalue weighted by atomic mass is 16.2. The molecular formula is C14H26N2O. The van der Waals surface area contributed by atoms with Crippen molar-refractivity contribution >= 4 is 5.91 Å². The molecule has 1 saturated heterocycles. The molecule has 17 heavy (non-hydrogen) atoms. The van der Waals surface area contributed by atoms with Crippen LogP contribution >= 0.6 is 0 Å². The van der Waals surface area contributed by atoms with Gasteiger partial charge >= 0.3 is 0 Å². The number of hydrogen-bond acceptors (Lipinski definition) is 2. The van der Waals surface area contributed by atoms with E-state index in [1.54, 1.807) is 0 Å². The second-order valence-corrected chi connectivity index (χ2v) is 6.27. The average Bonchev–Trinajstić information content (AvgIpc) is 3.01. The molecule has 1 aliphatic carbocycles. The van der Waals surface area contributed by atoms with Gasteiger partial charge in [-0.15, -0.1) is 0 Å². The molecular weight excluding hydrogens is 212 g/mol. The number of carbonyl (C=O) groups excluding carboxylic acids is 1. The van der Waals surface area contributed by atoms with Gasteiger partial charge in [0.1, 0.15) is 0 Å². The van der Waals surface area contributed by atoms with Gasteiger partial charge in [0.2, 0.25) is 5.91 Å². The molecule has 1 amide bonds. The maximum absolute atomic E-state index is 12.6. The highest BCUT2D eigenvalue weighted by Crippen LogP contribution is 2.31. The zero-order valence-electron chi connectivity index (χ0n) is 11.5. The molecule has 0 spiro atoms. The second kappa shape index (κ2) is 4.97. The van der Waals surface area contributed by atoms with Gasteiger partial charge in [-0.2, -0.15) is 0 Å². The third kappa shape index (κ3) is 3.01. The molecule has 1 aliphatic heterocycles. The summed E-state index contributed by atoms with van der Waals surface area (Å²) in [5.41, 5.74) is -0.278. The Kier molecular flexibility index (Phi) is 3.76. The smallest absolute Gasteiger partial charge is 0.242 e. The van der Waals surface area contributed by atoms with E-state index in [1.807, 2.05) is 0 Å². The minimum absolute atomic E-state index is 0.278. The van der Waals surface area contributed by atoms with Crippen molar-refractivity contribution in [2.24, 2.45) is 5.92 Å². The Morgan fingerprint density at radius 2 is 2.18 bits per heavy atom. The first-order valence-electron chi connectivity index (χ1n) is 7.09. The molecule has 98 valence electrons. The van der Waals surface area contributed by atoms with E-state index < -0.39 is 0 Å². The summed E-state index contributed by atoms with van der Waals surface area (Å²) in [5.74, 6) is 1.02. The van der Waals surface area contributed by atoms with Crippen LogP contribution in [-0.2, 0) is 4.79 Å². The van der Waals surface area contributed by atoms with E-state index in [0.29, 0.717) is 17.9 Å². The topological polar surface area (TPSA) is 32.3 Å². The fourth-order valence-electron chi connectivity index (χ4n) is 2.63. The van der Waals surface area contributed by atoms with Crippen molar-refractivity contribution in [2.75, 3.05) is 13.1 Å². The Morgan fingerprint density at radius 1 is 1.47 bits per heavy atom. The van der Waals surface area contributed by atoms with Gasteiger partial charge in [0.05, 0.1) is 5.54 Å². The van der Waals surface area contributed by atoms with Crippen molar-refractivity contribution in [2.45, 2.75) is 64.5 Å². The SMILES string of the molecule is CC(C)CCN(C(=O)C1(C)CCCN1)C1CC1. The van der Waals surface area contributed by atoms with Crippen LogP contribution in [0.4, 0.5) is 0 Å². The van der Waals surface area contributed by atoms with Gasteiger partial charge in [0, 0.05) is 12.6 Å². The molecule has 0 aromatic heterocycles. The van der Waals surface area contributed by atoms with Crippen LogP contribution in [0, 0.1) is 5.92 Å². The monoisotopic (exact) mass is 238 g/mol. The minimum atomic E-state index is -0.278. The lowest BCUT2D eigenvalue weighted by Gasteiger charge is -2.32. The molecule has 3 heteroatoms. The van der Waals surface area contributed by atoms with Crippen LogP contribution in [0.5, 0.6) is 0 Å². The van der Waals surface area contributed by atoms with E-state index in [1.165, 1.54) is 12.8 Å². The molecule has 2 rings (SSSR count). The molecule has 0 aromatic carbocycles. The van der Waals surface area contributed by atoms with Crippen LogP contribution in [0.2, 0.25) is 0 Å². The van der Waals surface area contributed by atoms with Crippen LogP contribution in [0.1, 0.15) is 52.9 Å². The van der Waals surface area contributed by atoms with Gasteiger partial charge in [0.25, 0.3) is 0 Å². The van der Waals surface area contributed by atoms with Crippen molar-refractivity contribution in [3.05, 3.63) is 0 Å². The van der Waals surface area contributed by atoms with Gasteiger partial charge in [-0.1, -0.05) is 13.8 Å². The quantitative estimate of drug-likeness (QED) is 0.796. The summed E-state index contributed by atoms with van der Waals surface area (Å²) in [7, 11) is 0. The predicted molar refractivity (Wildman–Crippen MR) is 69.8 cm³/mol. The highest BCUT2D eigenvalue weighted by molar-refractivity contribution is 5.86. The lowest BCUT2D eigenvalue weighted by atomic mass is 9.97. The van der Waals surface area contributed by atoms with E-state index in [4.69, 9.17) is 0 Å². The summed E-state index contributed by atoms with van der Waals surface area (Å²) in [5, 5.41) is 3.39. The zero-order valence-corrected chi connectivity index (χ0v) is 11.5. The molecule has 0 radical (unpaired) electrons. The second-order valence-electron chi connectivity index (χ2n) is 6.27. The molecule has 1 saturated carbocycles. The molecule has 2 aliphatic rings. The van der Waals surface area contributed by atoms with Crippen molar-refractivity contribution in [1.82, 2.24) is 10.2 Å². The van der Waals surface area contributed by atoms with E-state index in [2.05, 4.69) is 31.0 Å². The van der Waals surface area contributed by atoms with Crippen molar-refractivity contribution < 1.29 is 4.79 Å². The largest absolute Gasteiger partial charge is 0.338 e. The summed E-state index contributed by atoms with van der Waals surface area (Å²) < 4.78 is 0. The number of nitrogens with zero attached hydrogens (tertiary/aromatic N) is 1. The Hall–Kier alpha value is -0.570. The van der Waals surface area contributed by atoms with Crippen LogP contribution in [0.25, 0.3) is 0 Å². The van der Waals surface area contributed by atoms with Crippen LogP contribution in [-0.4, -0.2) is 35.5 Å². The Bertz CT molecular complexity index is 278. The summed E-state index contributed by atoms with van der Waals surface area (Å²) in [4.78, 5) is 14.8. The van der Waals surface area contributed by atoms with E-state index >= 15 is 0 Å². The normalized spacial score (nSPS) is 28.7. The van der Waals surface area contributed by atoms with Crippen molar-refractivity contribution in [3.63, 3.8) is 0 Å². The fourth-order valence-corrected chi connectivity index (χ4v) is 2.63. The number of nitrogens with one attached hydrogen (secondary N) is 1. The number of hydrogen-bond donors (Lipinski definition) is 1. The molecule has 1 unspecified atom stereocenters. The first-order chi connectivity index (χ1) is 8.03. The van der Waals surface area contributed by atoms with Gasteiger partial charge in [-0.25, -0.2) is 0 Å². The molecule has 1 N–H and O–H groups in total. The molecule has 2 fully saturated rings. The third-order valence-corrected chi connectivity index (χ3v) is 4.04. The summed E-state index contributed by atoms with van der Waals surface area (Å²) in [6.07, 6.45) is 5.67. The summed E-state index contributed by atoms with van der Waals surface area (Å²) in [6, 6.07) is 0.542. The van der Waals surface area contributed by atoms with Crippen molar-refractivity contribution in [1.29, 1.82) is 0 Å². The lowest BCUT2D eigenvalue weighted by Crippen LogP contribution is -2.53. The predicted octanol–water partition coefficient (Wildman–Crippen LogP) is 2.17. The van der Waals surface area contributed by atoms with Crippen molar-refractivity contribution in [3.8, 4) is 0 Å². The standard InChI is InChI=1S/C14H26N2O/c1-11(2)7-10-16(12-5-6-12)13(17)14(3)8-4-9-15-14/h11-12,15H,4-10H2,1-3H3. The van der Waals surface area contributed by atoms with Crippen LogP contribution in [0.15, 0.2) is 0 Å². The summed E-state index contributed by atoms with van der Waals surface area (Å²) >= 11 is 0. The maximum Gasteiger partial charge on any atom is 0.242 e. The molecule has 1 atom stereocenters. The summed E-state index contributed by atoms with van der Waals surface area (Å²) in [6.45, 7) is 8.46. The Morgan fingerprint density at radius 3 is 2.65 bits per heavy atom. The number of carbonyl (C=O) groups is 1.